The van der Waals surface area contributed by atoms with E-state index in [0.717, 1.165) is 17.7 Å². The summed E-state index contributed by atoms with van der Waals surface area (Å²) in [4.78, 5) is 28.9. The van der Waals surface area contributed by atoms with Crippen LogP contribution in [0.1, 0.15) is 50.3 Å². The molecular weight excluding hydrogens is 423 g/mol. The van der Waals surface area contributed by atoms with Crippen LogP contribution in [0.5, 0.6) is 0 Å². The largest absolute Gasteiger partial charge is 0.465 e. The number of halogens is 3. The third-order valence-corrected chi connectivity index (χ3v) is 7.32. The molecule has 2 N–H and O–H groups in total. The Hall–Kier alpha value is -2.29. The van der Waals surface area contributed by atoms with E-state index in [2.05, 4.69) is 5.32 Å². The van der Waals surface area contributed by atoms with Gasteiger partial charge >= 0.3 is 12.3 Å². The molecule has 0 radical (unpaired) electrons. The van der Waals surface area contributed by atoms with Crippen molar-refractivity contribution in [3.8, 4) is 0 Å². The molecule has 3 atom stereocenters. The molecule has 0 aromatic heterocycles. The predicted molar refractivity (Wildman–Crippen MR) is 112 cm³/mol. The minimum Gasteiger partial charge on any atom is -0.465 e. The Kier molecular flexibility index (Phi) is 5.47. The lowest BCUT2D eigenvalue weighted by molar-refractivity contribution is -0.143. The van der Waals surface area contributed by atoms with Crippen LogP contribution in [0.2, 0.25) is 0 Å². The Morgan fingerprint density at radius 1 is 1.22 bits per heavy atom. The highest BCUT2D eigenvalue weighted by molar-refractivity contribution is 5.85. The van der Waals surface area contributed by atoms with Gasteiger partial charge in [-0.25, -0.2) is 4.79 Å². The molecule has 176 valence electrons. The van der Waals surface area contributed by atoms with Gasteiger partial charge in [0.15, 0.2) is 0 Å². The molecular formula is C23H30F3N3O3. The maximum Gasteiger partial charge on any atom is 0.416 e. The minimum atomic E-state index is -4.42. The SMILES string of the molecule is CC(C)(C)N(C(=O)O)[C@@H]1C[C@H]2CNC[C@@]2(C(=O)N2CCc3ccc(C(F)(F)F)cc3C2)C1. The molecule has 3 aliphatic rings. The van der Waals surface area contributed by atoms with E-state index in [1.165, 1.54) is 11.0 Å². The summed E-state index contributed by atoms with van der Waals surface area (Å²) >= 11 is 0. The van der Waals surface area contributed by atoms with Crippen molar-refractivity contribution < 1.29 is 27.9 Å². The van der Waals surface area contributed by atoms with Gasteiger partial charge in [0, 0.05) is 31.2 Å². The summed E-state index contributed by atoms with van der Waals surface area (Å²) in [5.41, 5.74) is -0.634. The number of benzene rings is 1. The molecule has 2 fully saturated rings. The highest BCUT2D eigenvalue weighted by atomic mass is 19.4. The fourth-order valence-corrected chi connectivity index (χ4v) is 5.94. The number of nitrogens with zero attached hydrogens (tertiary/aromatic N) is 2. The average Bonchev–Trinajstić information content (AvgIpc) is 3.22. The predicted octanol–water partition coefficient (Wildman–Crippen LogP) is 3.74. The third kappa shape index (κ3) is 3.84. The van der Waals surface area contributed by atoms with Crippen LogP contribution in [-0.4, -0.2) is 58.1 Å². The second kappa shape index (κ2) is 7.64. The molecule has 2 heterocycles. The third-order valence-electron chi connectivity index (χ3n) is 7.32. The highest BCUT2D eigenvalue weighted by Crippen LogP contribution is 2.50. The molecule has 0 unspecified atom stereocenters. The molecule has 2 amide bonds. The Morgan fingerprint density at radius 3 is 2.56 bits per heavy atom. The van der Waals surface area contributed by atoms with Gasteiger partial charge in [0.2, 0.25) is 5.91 Å². The second-order valence-corrected chi connectivity index (χ2v) is 10.4. The number of hydrogen-bond acceptors (Lipinski definition) is 3. The lowest BCUT2D eigenvalue weighted by Crippen LogP contribution is -2.52. The molecule has 0 spiro atoms. The topological polar surface area (TPSA) is 72.9 Å². The van der Waals surface area contributed by atoms with Gasteiger partial charge in [-0.1, -0.05) is 6.07 Å². The second-order valence-electron chi connectivity index (χ2n) is 10.4. The Bertz CT molecular complexity index is 927. The quantitative estimate of drug-likeness (QED) is 0.716. The number of alkyl halides is 3. The zero-order chi connectivity index (χ0) is 23.5. The molecule has 1 aromatic rings. The molecule has 1 aromatic carbocycles. The van der Waals surface area contributed by atoms with Gasteiger partial charge < -0.3 is 20.2 Å². The van der Waals surface area contributed by atoms with Crippen molar-refractivity contribution in [3.05, 3.63) is 34.9 Å². The highest BCUT2D eigenvalue weighted by Gasteiger charge is 2.58. The van der Waals surface area contributed by atoms with E-state index >= 15 is 0 Å². The van der Waals surface area contributed by atoms with Crippen molar-refractivity contribution in [3.63, 3.8) is 0 Å². The van der Waals surface area contributed by atoms with Gasteiger partial charge in [0.05, 0.1) is 11.0 Å². The van der Waals surface area contributed by atoms with Crippen LogP contribution >= 0.6 is 0 Å². The lowest BCUT2D eigenvalue weighted by atomic mass is 9.78. The monoisotopic (exact) mass is 453 g/mol. The molecule has 0 bridgehead atoms. The van der Waals surface area contributed by atoms with Gasteiger partial charge in [-0.3, -0.25) is 4.79 Å². The first kappa shape index (κ1) is 22.9. The number of carbonyl (C=O) groups excluding carboxylic acids is 1. The molecule has 1 saturated carbocycles. The van der Waals surface area contributed by atoms with Gasteiger partial charge in [-0.05, 0) is 75.8 Å². The first-order chi connectivity index (χ1) is 14.8. The number of nitrogens with one attached hydrogen (secondary N) is 1. The number of carbonyl (C=O) groups is 2. The average molecular weight is 454 g/mol. The van der Waals surface area contributed by atoms with E-state index in [1.807, 2.05) is 20.8 Å². The van der Waals surface area contributed by atoms with Crippen LogP contribution in [0.3, 0.4) is 0 Å². The first-order valence-corrected chi connectivity index (χ1v) is 11.0. The van der Waals surface area contributed by atoms with Crippen molar-refractivity contribution in [2.75, 3.05) is 19.6 Å². The summed E-state index contributed by atoms with van der Waals surface area (Å²) in [6, 6.07) is 3.50. The fourth-order valence-electron chi connectivity index (χ4n) is 5.94. The molecule has 6 nitrogen and oxygen atoms in total. The minimum absolute atomic E-state index is 0.00658. The summed E-state index contributed by atoms with van der Waals surface area (Å²) in [5.74, 6) is -0.0654. The van der Waals surface area contributed by atoms with E-state index in [0.29, 0.717) is 44.5 Å². The number of rotatable bonds is 2. The zero-order valence-electron chi connectivity index (χ0n) is 18.6. The summed E-state index contributed by atoms with van der Waals surface area (Å²) in [6.45, 7) is 7.27. The first-order valence-electron chi connectivity index (χ1n) is 11.0. The van der Waals surface area contributed by atoms with Crippen LogP contribution in [0.4, 0.5) is 18.0 Å². The maximum atomic E-state index is 13.8. The van der Waals surface area contributed by atoms with E-state index in [1.54, 1.807) is 4.90 Å². The molecule has 9 heteroatoms. The van der Waals surface area contributed by atoms with E-state index < -0.39 is 28.8 Å². The molecule has 32 heavy (non-hydrogen) atoms. The number of amides is 2. The molecule has 2 aliphatic heterocycles. The smallest absolute Gasteiger partial charge is 0.416 e. The van der Waals surface area contributed by atoms with Crippen molar-refractivity contribution in [1.29, 1.82) is 0 Å². The number of fused-ring (bicyclic) bond motifs is 2. The summed E-state index contributed by atoms with van der Waals surface area (Å²) < 4.78 is 39.5. The molecule has 1 saturated heterocycles. The normalized spacial score (nSPS) is 27.8. The van der Waals surface area contributed by atoms with Gasteiger partial charge in [0.25, 0.3) is 0 Å². The van der Waals surface area contributed by atoms with Crippen LogP contribution in [0, 0.1) is 11.3 Å². The van der Waals surface area contributed by atoms with Crippen molar-refractivity contribution in [2.24, 2.45) is 11.3 Å². The Morgan fingerprint density at radius 2 is 1.94 bits per heavy atom. The van der Waals surface area contributed by atoms with Crippen LogP contribution in [0.25, 0.3) is 0 Å². The van der Waals surface area contributed by atoms with Crippen LogP contribution in [-0.2, 0) is 23.9 Å². The maximum absolute atomic E-state index is 13.8. The van der Waals surface area contributed by atoms with Gasteiger partial charge in [0.1, 0.15) is 0 Å². The van der Waals surface area contributed by atoms with Crippen LogP contribution < -0.4 is 5.32 Å². The van der Waals surface area contributed by atoms with E-state index in [4.69, 9.17) is 0 Å². The summed E-state index contributed by atoms with van der Waals surface area (Å²) in [5, 5.41) is 13.1. The van der Waals surface area contributed by atoms with E-state index in [-0.39, 0.29) is 24.4 Å². The zero-order valence-corrected chi connectivity index (χ0v) is 18.6. The van der Waals surface area contributed by atoms with Crippen LogP contribution in [0.15, 0.2) is 18.2 Å². The number of carboxylic acid groups (broad SMARTS) is 1. The van der Waals surface area contributed by atoms with Crippen molar-refractivity contribution in [1.82, 2.24) is 15.1 Å². The Labute approximate surface area is 185 Å². The lowest BCUT2D eigenvalue weighted by Gasteiger charge is -2.40. The summed E-state index contributed by atoms with van der Waals surface area (Å²) in [7, 11) is 0. The van der Waals surface area contributed by atoms with Crippen molar-refractivity contribution >= 4 is 12.0 Å². The fraction of sp³-hybridized carbons (Fsp3) is 0.652. The van der Waals surface area contributed by atoms with Crippen molar-refractivity contribution in [2.45, 2.75) is 64.3 Å². The number of hydrogen-bond donors (Lipinski definition) is 2. The van der Waals surface area contributed by atoms with Gasteiger partial charge in [-0.15, -0.1) is 0 Å². The van der Waals surface area contributed by atoms with Gasteiger partial charge in [-0.2, -0.15) is 13.2 Å². The standard InChI is InChI=1S/C23H30F3N3O3/c1-21(2,3)29(20(31)32)18-9-17-11-27-13-22(17,10-18)19(30)28-7-6-14-4-5-16(23(24,25)26)8-15(14)12-28/h4-5,8,17-18,27H,6-7,9-13H2,1-3H3,(H,31,32)/t17-,18+,22-/m0/s1. The van der Waals surface area contributed by atoms with E-state index in [9.17, 15) is 27.9 Å². The molecule has 1 aliphatic carbocycles. The summed E-state index contributed by atoms with van der Waals surface area (Å²) in [6.07, 6.45) is -3.87. The Balaban J connectivity index is 1.58. The molecule has 4 rings (SSSR count).